The number of carbonyl (C=O) groups is 1. The lowest BCUT2D eigenvalue weighted by molar-refractivity contribution is -0.119. The van der Waals surface area contributed by atoms with E-state index < -0.39 is 0 Å². The molecule has 1 atom stereocenters. The predicted octanol–water partition coefficient (Wildman–Crippen LogP) is 1.71. The van der Waals surface area contributed by atoms with Gasteiger partial charge >= 0.3 is 0 Å². The van der Waals surface area contributed by atoms with Gasteiger partial charge in [0.2, 0.25) is 5.91 Å². The Kier molecular flexibility index (Phi) is 3.79. The lowest BCUT2D eigenvalue weighted by Crippen LogP contribution is -2.40. The van der Waals surface area contributed by atoms with Gasteiger partial charge in [0.15, 0.2) is 5.82 Å². The summed E-state index contributed by atoms with van der Waals surface area (Å²) in [6.45, 7) is 4.80. The Morgan fingerprint density at radius 2 is 2.27 bits per heavy atom. The molecule has 0 aromatic carbocycles. The number of aromatic nitrogens is 3. The summed E-state index contributed by atoms with van der Waals surface area (Å²) in [5.74, 6) is 1.78. The Bertz CT molecular complexity index is 665. The number of hydrogen-bond acceptors (Lipinski definition) is 6. The quantitative estimate of drug-likeness (QED) is 0.923. The number of hydrogen-bond donors (Lipinski definition) is 1. The zero-order valence-corrected chi connectivity index (χ0v) is 12.7. The summed E-state index contributed by atoms with van der Waals surface area (Å²) in [4.78, 5) is 22.2. The van der Waals surface area contributed by atoms with Gasteiger partial charge in [-0.05, 0) is 25.0 Å². The molecule has 22 heavy (non-hydrogen) atoms. The van der Waals surface area contributed by atoms with Crippen molar-refractivity contribution in [3.63, 3.8) is 0 Å². The van der Waals surface area contributed by atoms with Gasteiger partial charge in [-0.2, -0.15) is 4.98 Å². The average Bonchev–Trinajstić information content (AvgIpc) is 3.17. The third kappa shape index (κ3) is 2.66. The lowest BCUT2D eigenvalue weighted by atomic mass is 10.2. The first kappa shape index (κ1) is 14.5. The van der Waals surface area contributed by atoms with Crippen LogP contribution < -0.4 is 10.6 Å². The van der Waals surface area contributed by atoms with Crippen LogP contribution in [-0.2, 0) is 4.79 Å². The highest BCUT2D eigenvalue weighted by Gasteiger charge is 2.29. The second-order valence-electron chi connectivity index (χ2n) is 5.77. The molecular weight excluding hydrogens is 282 g/mol. The van der Waals surface area contributed by atoms with Crippen LogP contribution in [0, 0.1) is 0 Å². The molecule has 7 heteroatoms. The number of nitrogens with zero attached hydrogens (tertiary/aromatic N) is 4. The van der Waals surface area contributed by atoms with E-state index in [1.807, 2.05) is 30.9 Å². The molecule has 2 aromatic heterocycles. The van der Waals surface area contributed by atoms with Gasteiger partial charge in [0.1, 0.15) is 11.9 Å². The van der Waals surface area contributed by atoms with Crippen molar-refractivity contribution in [3.05, 3.63) is 24.2 Å². The van der Waals surface area contributed by atoms with E-state index in [0.717, 1.165) is 30.8 Å². The van der Waals surface area contributed by atoms with Gasteiger partial charge in [0, 0.05) is 18.7 Å². The zero-order valence-electron chi connectivity index (χ0n) is 12.7. The van der Waals surface area contributed by atoms with E-state index in [0.29, 0.717) is 11.7 Å². The van der Waals surface area contributed by atoms with Gasteiger partial charge in [-0.25, -0.2) is 4.98 Å². The largest absolute Gasteiger partial charge is 0.368 e. The van der Waals surface area contributed by atoms with E-state index in [1.54, 1.807) is 6.20 Å². The van der Waals surface area contributed by atoms with Crippen molar-refractivity contribution < 1.29 is 9.32 Å². The van der Waals surface area contributed by atoms with E-state index in [4.69, 9.17) is 10.3 Å². The molecule has 3 rings (SSSR count). The summed E-state index contributed by atoms with van der Waals surface area (Å²) in [7, 11) is 0. The highest BCUT2D eigenvalue weighted by Crippen LogP contribution is 2.26. The van der Waals surface area contributed by atoms with Gasteiger partial charge in [0.25, 0.3) is 5.89 Å². The van der Waals surface area contributed by atoms with Gasteiger partial charge in [-0.3, -0.25) is 4.79 Å². The summed E-state index contributed by atoms with van der Waals surface area (Å²) in [5.41, 5.74) is 6.20. The van der Waals surface area contributed by atoms with E-state index in [9.17, 15) is 4.79 Å². The predicted molar refractivity (Wildman–Crippen MR) is 81.2 cm³/mol. The van der Waals surface area contributed by atoms with Crippen molar-refractivity contribution >= 4 is 11.7 Å². The van der Waals surface area contributed by atoms with Crippen LogP contribution in [0.2, 0.25) is 0 Å². The highest BCUT2D eigenvalue weighted by molar-refractivity contribution is 5.84. The Hall–Kier alpha value is -2.44. The van der Waals surface area contributed by atoms with E-state index in [1.165, 1.54) is 0 Å². The molecule has 116 valence electrons. The second-order valence-corrected chi connectivity index (χ2v) is 5.77. The van der Waals surface area contributed by atoms with Gasteiger partial charge in [-0.1, -0.05) is 19.0 Å². The molecule has 0 saturated carbocycles. The molecule has 2 aromatic rings. The van der Waals surface area contributed by atoms with Crippen LogP contribution in [0.5, 0.6) is 0 Å². The number of anilines is 1. The van der Waals surface area contributed by atoms with E-state index in [-0.39, 0.29) is 17.9 Å². The molecule has 0 aliphatic carbocycles. The van der Waals surface area contributed by atoms with Crippen LogP contribution in [0.4, 0.5) is 5.82 Å². The van der Waals surface area contributed by atoms with Crippen LogP contribution in [0.15, 0.2) is 22.9 Å². The fourth-order valence-electron chi connectivity index (χ4n) is 2.61. The lowest BCUT2D eigenvalue weighted by Gasteiger charge is -2.23. The third-order valence-corrected chi connectivity index (χ3v) is 3.83. The van der Waals surface area contributed by atoms with Crippen molar-refractivity contribution in [2.24, 2.45) is 5.73 Å². The first-order valence-electron chi connectivity index (χ1n) is 7.42. The molecule has 1 amide bonds. The van der Waals surface area contributed by atoms with Crippen LogP contribution in [-0.4, -0.2) is 33.6 Å². The van der Waals surface area contributed by atoms with Crippen molar-refractivity contribution in [1.29, 1.82) is 0 Å². The minimum absolute atomic E-state index is 0.214. The number of carbonyl (C=O) groups excluding carboxylic acids is 1. The molecule has 7 nitrogen and oxygen atoms in total. The summed E-state index contributed by atoms with van der Waals surface area (Å²) in [5, 5.41) is 3.94. The Balaban J connectivity index is 1.81. The molecule has 2 N–H and O–H groups in total. The summed E-state index contributed by atoms with van der Waals surface area (Å²) >= 11 is 0. The average molecular weight is 301 g/mol. The minimum atomic E-state index is -0.304. The van der Waals surface area contributed by atoms with Crippen LogP contribution in [0.3, 0.4) is 0 Å². The molecule has 1 aliphatic heterocycles. The standard InChI is InChI=1S/C15H19N5O2/c1-9(2)14-18-15(22-19-14)10-5-6-12(17-8-10)20-7-3-4-11(20)13(16)21/h5-6,8-9,11H,3-4,7H2,1-2H3,(H2,16,21)/t11-/m0/s1. The van der Waals surface area contributed by atoms with Crippen LogP contribution in [0.25, 0.3) is 11.5 Å². The number of rotatable bonds is 4. The van der Waals surface area contributed by atoms with Gasteiger partial charge in [0.05, 0.1) is 5.56 Å². The molecule has 0 spiro atoms. The van der Waals surface area contributed by atoms with Crippen molar-refractivity contribution in [2.75, 3.05) is 11.4 Å². The van der Waals surface area contributed by atoms with Crippen LogP contribution >= 0.6 is 0 Å². The maximum absolute atomic E-state index is 11.5. The fraction of sp³-hybridized carbons (Fsp3) is 0.467. The number of amides is 1. The Morgan fingerprint density at radius 3 is 2.86 bits per heavy atom. The first-order valence-corrected chi connectivity index (χ1v) is 7.42. The maximum Gasteiger partial charge on any atom is 0.259 e. The normalized spacial score (nSPS) is 18.1. The Morgan fingerprint density at radius 1 is 1.45 bits per heavy atom. The molecular formula is C15H19N5O2. The van der Waals surface area contributed by atoms with E-state index >= 15 is 0 Å². The van der Waals surface area contributed by atoms with Crippen molar-refractivity contribution in [2.45, 2.75) is 38.6 Å². The summed E-state index contributed by atoms with van der Waals surface area (Å²) in [6, 6.07) is 3.46. The minimum Gasteiger partial charge on any atom is -0.368 e. The third-order valence-electron chi connectivity index (χ3n) is 3.83. The topological polar surface area (TPSA) is 98.1 Å². The molecule has 1 fully saturated rings. The smallest absolute Gasteiger partial charge is 0.259 e. The molecule has 3 heterocycles. The number of nitrogens with two attached hydrogens (primary N) is 1. The molecule has 1 saturated heterocycles. The van der Waals surface area contributed by atoms with Crippen molar-refractivity contribution in [3.8, 4) is 11.5 Å². The SMILES string of the molecule is CC(C)c1noc(-c2ccc(N3CCC[C@H]3C(N)=O)nc2)n1. The monoisotopic (exact) mass is 301 g/mol. The molecule has 1 aliphatic rings. The zero-order chi connectivity index (χ0) is 15.7. The molecule has 0 unspecified atom stereocenters. The van der Waals surface area contributed by atoms with Gasteiger partial charge in [-0.15, -0.1) is 0 Å². The highest BCUT2D eigenvalue weighted by atomic mass is 16.5. The summed E-state index contributed by atoms with van der Waals surface area (Å²) in [6.07, 6.45) is 3.40. The van der Waals surface area contributed by atoms with E-state index in [2.05, 4.69) is 15.1 Å². The molecule has 0 bridgehead atoms. The fourth-order valence-corrected chi connectivity index (χ4v) is 2.61. The van der Waals surface area contributed by atoms with Crippen LogP contribution in [0.1, 0.15) is 38.4 Å². The summed E-state index contributed by atoms with van der Waals surface area (Å²) < 4.78 is 5.25. The first-order chi connectivity index (χ1) is 10.6. The molecule has 0 radical (unpaired) electrons. The number of primary amides is 1. The van der Waals surface area contributed by atoms with Gasteiger partial charge < -0.3 is 15.2 Å². The van der Waals surface area contributed by atoms with Crippen molar-refractivity contribution in [1.82, 2.24) is 15.1 Å². The Labute approximate surface area is 128 Å². The maximum atomic E-state index is 11.5. The second kappa shape index (κ2) is 5.75. The number of pyridine rings is 1.